The Balaban J connectivity index is 2.09. The van der Waals surface area contributed by atoms with Crippen LogP contribution >= 0.6 is 0 Å². The lowest BCUT2D eigenvalue weighted by atomic mass is 9.96. The summed E-state index contributed by atoms with van der Waals surface area (Å²) in [7, 11) is 0. The molecule has 1 aliphatic heterocycles. The standard InChI is InChI=1S/C11H23NO/c1-2-3-4-8-11(13)10-7-5-6-9-12-10/h10-13H,2-9H2,1H3. The second-order valence-electron chi connectivity index (χ2n) is 4.12. The summed E-state index contributed by atoms with van der Waals surface area (Å²) < 4.78 is 0. The number of piperidine rings is 1. The molecule has 0 saturated carbocycles. The first-order chi connectivity index (χ1) is 6.34. The molecule has 1 heterocycles. The summed E-state index contributed by atoms with van der Waals surface area (Å²) in [6, 6.07) is 0.380. The van der Waals surface area contributed by atoms with E-state index in [-0.39, 0.29) is 6.10 Å². The van der Waals surface area contributed by atoms with Crippen molar-refractivity contribution in [2.24, 2.45) is 0 Å². The monoisotopic (exact) mass is 185 g/mol. The Kier molecular flexibility index (Phi) is 5.40. The summed E-state index contributed by atoms with van der Waals surface area (Å²) >= 11 is 0. The molecular weight excluding hydrogens is 162 g/mol. The minimum Gasteiger partial charge on any atom is -0.392 e. The van der Waals surface area contributed by atoms with Crippen molar-refractivity contribution in [1.29, 1.82) is 0 Å². The lowest BCUT2D eigenvalue weighted by Crippen LogP contribution is -2.43. The van der Waals surface area contributed by atoms with Gasteiger partial charge in [-0.25, -0.2) is 0 Å². The van der Waals surface area contributed by atoms with Gasteiger partial charge in [-0.15, -0.1) is 0 Å². The maximum atomic E-state index is 9.84. The number of nitrogens with one attached hydrogen (secondary N) is 1. The van der Waals surface area contributed by atoms with Crippen LogP contribution in [0.5, 0.6) is 0 Å². The Morgan fingerprint density at radius 3 is 2.85 bits per heavy atom. The molecule has 0 aromatic heterocycles. The SMILES string of the molecule is CCCCCC(O)C1CCCCN1. The van der Waals surface area contributed by atoms with Crippen LogP contribution in [0.3, 0.4) is 0 Å². The fourth-order valence-electron chi connectivity index (χ4n) is 2.01. The van der Waals surface area contributed by atoms with Crippen LogP contribution in [-0.4, -0.2) is 23.8 Å². The topological polar surface area (TPSA) is 32.3 Å². The van der Waals surface area contributed by atoms with Gasteiger partial charge in [0.05, 0.1) is 6.10 Å². The summed E-state index contributed by atoms with van der Waals surface area (Å²) in [5.74, 6) is 0. The van der Waals surface area contributed by atoms with Gasteiger partial charge in [-0.05, 0) is 25.8 Å². The summed E-state index contributed by atoms with van der Waals surface area (Å²) in [6.07, 6.45) is 8.26. The van der Waals surface area contributed by atoms with Crippen molar-refractivity contribution in [2.45, 2.75) is 64.0 Å². The van der Waals surface area contributed by atoms with E-state index in [0.717, 1.165) is 19.4 Å². The third-order valence-electron chi connectivity index (χ3n) is 2.92. The minimum absolute atomic E-state index is 0.105. The van der Waals surface area contributed by atoms with Gasteiger partial charge >= 0.3 is 0 Å². The molecule has 1 aliphatic rings. The van der Waals surface area contributed by atoms with Gasteiger partial charge in [-0.2, -0.15) is 0 Å². The van der Waals surface area contributed by atoms with E-state index in [1.807, 2.05) is 0 Å². The molecule has 1 saturated heterocycles. The van der Waals surface area contributed by atoms with Crippen molar-refractivity contribution in [3.05, 3.63) is 0 Å². The Morgan fingerprint density at radius 1 is 1.38 bits per heavy atom. The number of hydrogen-bond donors (Lipinski definition) is 2. The van der Waals surface area contributed by atoms with Gasteiger partial charge in [0.25, 0.3) is 0 Å². The van der Waals surface area contributed by atoms with Gasteiger partial charge in [0.1, 0.15) is 0 Å². The van der Waals surface area contributed by atoms with Crippen LogP contribution < -0.4 is 5.32 Å². The summed E-state index contributed by atoms with van der Waals surface area (Å²) in [4.78, 5) is 0. The van der Waals surface area contributed by atoms with E-state index in [4.69, 9.17) is 0 Å². The quantitative estimate of drug-likeness (QED) is 0.643. The number of aliphatic hydroxyl groups is 1. The first-order valence-corrected chi connectivity index (χ1v) is 5.76. The van der Waals surface area contributed by atoms with Crippen molar-refractivity contribution in [2.75, 3.05) is 6.54 Å². The van der Waals surface area contributed by atoms with Gasteiger partial charge in [-0.3, -0.25) is 0 Å². The zero-order chi connectivity index (χ0) is 9.52. The van der Waals surface area contributed by atoms with E-state index >= 15 is 0 Å². The van der Waals surface area contributed by atoms with E-state index in [0.29, 0.717) is 6.04 Å². The predicted molar refractivity (Wildman–Crippen MR) is 55.8 cm³/mol. The summed E-state index contributed by atoms with van der Waals surface area (Å²) in [6.45, 7) is 3.29. The highest BCUT2D eigenvalue weighted by Gasteiger charge is 2.20. The van der Waals surface area contributed by atoms with Gasteiger partial charge in [-0.1, -0.05) is 32.6 Å². The first-order valence-electron chi connectivity index (χ1n) is 5.76. The second-order valence-corrected chi connectivity index (χ2v) is 4.12. The van der Waals surface area contributed by atoms with Crippen molar-refractivity contribution < 1.29 is 5.11 Å². The fraction of sp³-hybridized carbons (Fsp3) is 1.00. The maximum absolute atomic E-state index is 9.84. The van der Waals surface area contributed by atoms with Gasteiger partial charge < -0.3 is 10.4 Å². The molecule has 78 valence electrons. The molecule has 1 fully saturated rings. The molecule has 0 aliphatic carbocycles. The van der Waals surface area contributed by atoms with Crippen LogP contribution in [0.25, 0.3) is 0 Å². The summed E-state index contributed by atoms with van der Waals surface area (Å²) in [5, 5.41) is 13.2. The number of rotatable bonds is 5. The molecule has 2 heteroatoms. The highest BCUT2D eigenvalue weighted by molar-refractivity contribution is 4.79. The molecule has 2 N–H and O–H groups in total. The zero-order valence-corrected chi connectivity index (χ0v) is 8.76. The largest absolute Gasteiger partial charge is 0.392 e. The molecule has 0 aromatic rings. The molecule has 2 atom stereocenters. The fourth-order valence-corrected chi connectivity index (χ4v) is 2.01. The molecule has 0 amide bonds. The number of hydrogen-bond acceptors (Lipinski definition) is 2. The molecule has 1 rings (SSSR count). The summed E-state index contributed by atoms with van der Waals surface area (Å²) in [5.41, 5.74) is 0. The molecule has 0 spiro atoms. The van der Waals surface area contributed by atoms with Crippen molar-refractivity contribution in [3.8, 4) is 0 Å². The minimum atomic E-state index is -0.105. The van der Waals surface area contributed by atoms with E-state index in [9.17, 15) is 5.11 Å². The van der Waals surface area contributed by atoms with Crippen molar-refractivity contribution in [1.82, 2.24) is 5.32 Å². The highest BCUT2D eigenvalue weighted by Crippen LogP contribution is 2.14. The highest BCUT2D eigenvalue weighted by atomic mass is 16.3. The lowest BCUT2D eigenvalue weighted by molar-refractivity contribution is 0.102. The molecular formula is C11H23NO. The van der Waals surface area contributed by atoms with Crippen molar-refractivity contribution >= 4 is 0 Å². The van der Waals surface area contributed by atoms with Gasteiger partial charge in [0.2, 0.25) is 0 Å². The molecule has 0 bridgehead atoms. The molecule has 2 unspecified atom stereocenters. The van der Waals surface area contributed by atoms with Crippen LogP contribution in [0.1, 0.15) is 51.9 Å². The van der Waals surface area contributed by atoms with Crippen LogP contribution in [0, 0.1) is 0 Å². The molecule has 13 heavy (non-hydrogen) atoms. The Hall–Kier alpha value is -0.0800. The van der Waals surface area contributed by atoms with Crippen LogP contribution in [0.4, 0.5) is 0 Å². The van der Waals surface area contributed by atoms with E-state index in [2.05, 4.69) is 12.2 Å². The predicted octanol–water partition coefficient (Wildman–Crippen LogP) is 2.07. The molecule has 0 radical (unpaired) electrons. The first kappa shape index (κ1) is 11.0. The third-order valence-corrected chi connectivity index (χ3v) is 2.92. The average Bonchev–Trinajstić information content (AvgIpc) is 2.19. The van der Waals surface area contributed by atoms with E-state index < -0.39 is 0 Å². The Morgan fingerprint density at radius 2 is 2.23 bits per heavy atom. The third kappa shape index (κ3) is 4.10. The second kappa shape index (κ2) is 6.39. The van der Waals surface area contributed by atoms with Crippen LogP contribution in [0.2, 0.25) is 0 Å². The average molecular weight is 185 g/mol. The number of unbranched alkanes of at least 4 members (excludes halogenated alkanes) is 2. The maximum Gasteiger partial charge on any atom is 0.0693 e. The Bertz CT molecular complexity index is 121. The van der Waals surface area contributed by atoms with E-state index in [1.54, 1.807) is 0 Å². The molecule has 2 nitrogen and oxygen atoms in total. The van der Waals surface area contributed by atoms with Gasteiger partial charge in [0.15, 0.2) is 0 Å². The zero-order valence-electron chi connectivity index (χ0n) is 8.76. The van der Waals surface area contributed by atoms with Gasteiger partial charge in [0, 0.05) is 6.04 Å². The number of aliphatic hydroxyl groups excluding tert-OH is 1. The van der Waals surface area contributed by atoms with Crippen LogP contribution in [-0.2, 0) is 0 Å². The van der Waals surface area contributed by atoms with Crippen LogP contribution in [0.15, 0.2) is 0 Å². The smallest absolute Gasteiger partial charge is 0.0693 e. The molecule has 0 aromatic carbocycles. The normalized spacial score (nSPS) is 25.8. The van der Waals surface area contributed by atoms with Crippen molar-refractivity contribution in [3.63, 3.8) is 0 Å². The van der Waals surface area contributed by atoms with E-state index in [1.165, 1.54) is 32.1 Å². The Labute approximate surface area is 81.7 Å². The lowest BCUT2D eigenvalue weighted by Gasteiger charge is -2.27.